The molecule has 0 spiro atoms. The van der Waals surface area contributed by atoms with Gasteiger partial charge in [0.1, 0.15) is 5.82 Å². The fourth-order valence-corrected chi connectivity index (χ4v) is 3.41. The van der Waals surface area contributed by atoms with E-state index in [2.05, 4.69) is 0 Å². The highest BCUT2D eigenvalue weighted by atomic mass is 19.2. The number of ether oxygens (including phenoxy) is 1. The van der Waals surface area contributed by atoms with E-state index in [1.807, 2.05) is 0 Å². The number of hydrogen-bond acceptors (Lipinski definition) is 3. The van der Waals surface area contributed by atoms with Crippen molar-refractivity contribution in [2.45, 2.75) is 50.6 Å². The van der Waals surface area contributed by atoms with E-state index in [1.54, 1.807) is 4.90 Å². The van der Waals surface area contributed by atoms with Gasteiger partial charge in [0.2, 0.25) is 5.91 Å². The molecule has 2 atom stereocenters. The van der Waals surface area contributed by atoms with Crippen LogP contribution in [0, 0.1) is 23.4 Å². The first kappa shape index (κ1) is 19.2. The van der Waals surface area contributed by atoms with Crippen LogP contribution in [0.25, 0.3) is 0 Å². The number of hydrogen-bond donors (Lipinski definition) is 1. The largest absolute Gasteiger partial charge is 0.379 e. The SMILES string of the molecule is NC(CC(=O)N1CCC[C@H]1COCC1CC1)Cc1cc(F)c(F)cc1F. The first-order valence-electron chi connectivity index (χ1n) is 9.20. The average Bonchev–Trinajstić information content (AvgIpc) is 3.28. The van der Waals surface area contributed by atoms with Gasteiger partial charge < -0.3 is 15.4 Å². The lowest BCUT2D eigenvalue weighted by molar-refractivity contribution is -0.133. The molecule has 26 heavy (non-hydrogen) atoms. The fraction of sp³-hybridized carbons (Fsp3) is 0.632. The Bertz CT molecular complexity index is 652. The van der Waals surface area contributed by atoms with Crippen LogP contribution in [0.3, 0.4) is 0 Å². The van der Waals surface area contributed by atoms with Crippen LogP contribution in [0.15, 0.2) is 12.1 Å². The zero-order valence-electron chi connectivity index (χ0n) is 14.7. The fourth-order valence-electron chi connectivity index (χ4n) is 3.41. The Morgan fingerprint density at radius 2 is 1.88 bits per heavy atom. The number of benzene rings is 1. The van der Waals surface area contributed by atoms with Crippen LogP contribution in [-0.4, -0.2) is 42.6 Å². The van der Waals surface area contributed by atoms with Gasteiger partial charge in [-0.3, -0.25) is 4.79 Å². The molecule has 0 radical (unpaired) electrons. The molecule has 1 unspecified atom stereocenters. The summed E-state index contributed by atoms with van der Waals surface area (Å²) in [6.07, 6.45) is 4.30. The number of amides is 1. The Morgan fingerprint density at radius 1 is 1.15 bits per heavy atom. The number of nitrogens with two attached hydrogens (primary N) is 1. The van der Waals surface area contributed by atoms with E-state index in [0.29, 0.717) is 25.1 Å². The van der Waals surface area contributed by atoms with E-state index in [1.165, 1.54) is 12.8 Å². The summed E-state index contributed by atoms with van der Waals surface area (Å²) in [7, 11) is 0. The normalized spacial score (nSPS) is 21.2. The lowest BCUT2D eigenvalue weighted by Crippen LogP contribution is -2.41. The molecule has 2 N–H and O–H groups in total. The predicted molar refractivity (Wildman–Crippen MR) is 90.9 cm³/mol. The predicted octanol–water partition coefficient (Wildman–Crippen LogP) is 2.78. The molecular formula is C19H25F3N2O2. The zero-order chi connectivity index (χ0) is 18.7. The highest BCUT2D eigenvalue weighted by molar-refractivity contribution is 5.77. The van der Waals surface area contributed by atoms with Crippen molar-refractivity contribution >= 4 is 5.91 Å². The third kappa shape index (κ3) is 4.98. The van der Waals surface area contributed by atoms with Crippen molar-refractivity contribution in [3.05, 3.63) is 35.1 Å². The number of carbonyl (C=O) groups is 1. The van der Waals surface area contributed by atoms with Crippen molar-refractivity contribution < 1.29 is 22.7 Å². The first-order chi connectivity index (χ1) is 12.4. The minimum Gasteiger partial charge on any atom is -0.379 e. The van der Waals surface area contributed by atoms with E-state index < -0.39 is 23.5 Å². The molecular weight excluding hydrogens is 345 g/mol. The van der Waals surface area contributed by atoms with Crippen LogP contribution < -0.4 is 5.73 Å². The van der Waals surface area contributed by atoms with Gasteiger partial charge in [-0.2, -0.15) is 0 Å². The van der Waals surface area contributed by atoms with E-state index in [-0.39, 0.29) is 30.4 Å². The molecule has 2 aliphatic rings. The average molecular weight is 370 g/mol. The first-order valence-corrected chi connectivity index (χ1v) is 9.20. The van der Waals surface area contributed by atoms with Gasteiger partial charge in [0, 0.05) is 31.7 Å². The lowest BCUT2D eigenvalue weighted by atomic mass is 10.0. The van der Waals surface area contributed by atoms with Crippen LogP contribution in [0.4, 0.5) is 13.2 Å². The molecule has 3 rings (SSSR count). The Kier molecular flexibility index (Phi) is 6.19. The number of halogens is 3. The molecule has 1 saturated carbocycles. The van der Waals surface area contributed by atoms with Crippen molar-refractivity contribution in [1.82, 2.24) is 4.90 Å². The van der Waals surface area contributed by atoms with Gasteiger partial charge >= 0.3 is 0 Å². The van der Waals surface area contributed by atoms with Crippen molar-refractivity contribution in [2.24, 2.45) is 11.7 Å². The van der Waals surface area contributed by atoms with E-state index in [4.69, 9.17) is 10.5 Å². The number of likely N-dealkylation sites (tertiary alicyclic amines) is 1. The van der Waals surface area contributed by atoms with Gasteiger partial charge in [0.15, 0.2) is 11.6 Å². The second-order valence-corrected chi connectivity index (χ2v) is 7.39. The summed E-state index contributed by atoms with van der Waals surface area (Å²) in [5.74, 6) is -2.62. The molecule has 2 fully saturated rings. The molecule has 0 aromatic heterocycles. The maximum Gasteiger partial charge on any atom is 0.224 e. The summed E-state index contributed by atoms with van der Waals surface area (Å²) in [4.78, 5) is 14.3. The third-order valence-electron chi connectivity index (χ3n) is 5.07. The Morgan fingerprint density at radius 3 is 2.62 bits per heavy atom. The summed E-state index contributed by atoms with van der Waals surface area (Å²) in [5.41, 5.74) is 5.94. The van der Waals surface area contributed by atoms with Crippen LogP contribution in [0.1, 0.15) is 37.7 Å². The smallest absolute Gasteiger partial charge is 0.224 e. The minimum absolute atomic E-state index is 0.0186. The summed E-state index contributed by atoms with van der Waals surface area (Å²) in [6.45, 7) is 1.96. The Hall–Kier alpha value is -1.60. The van der Waals surface area contributed by atoms with Crippen LogP contribution in [0.5, 0.6) is 0 Å². The molecule has 1 aromatic carbocycles. The van der Waals surface area contributed by atoms with Gasteiger partial charge in [-0.1, -0.05) is 0 Å². The lowest BCUT2D eigenvalue weighted by Gasteiger charge is -2.26. The number of nitrogens with zero attached hydrogens (tertiary/aromatic N) is 1. The molecule has 1 aliphatic carbocycles. The van der Waals surface area contributed by atoms with Crippen molar-refractivity contribution in [3.63, 3.8) is 0 Å². The highest BCUT2D eigenvalue weighted by Crippen LogP contribution is 2.29. The maximum absolute atomic E-state index is 13.7. The number of rotatable bonds is 8. The molecule has 1 aliphatic heterocycles. The standard InChI is InChI=1S/C19H25F3N2O2/c20-16-9-18(22)17(21)7-13(16)6-14(23)8-19(25)24-5-1-2-15(24)11-26-10-12-3-4-12/h7,9,12,14-15H,1-6,8,10-11,23H2/t14?,15-/m0/s1. The Labute approximate surface area is 151 Å². The van der Waals surface area contributed by atoms with Gasteiger partial charge in [-0.05, 0) is 49.7 Å². The van der Waals surface area contributed by atoms with Gasteiger partial charge in [-0.15, -0.1) is 0 Å². The van der Waals surface area contributed by atoms with Crippen LogP contribution in [0.2, 0.25) is 0 Å². The molecule has 1 saturated heterocycles. The van der Waals surface area contributed by atoms with Gasteiger partial charge in [0.25, 0.3) is 0 Å². The third-order valence-corrected chi connectivity index (χ3v) is 5.07. The van der Waals surface area contributed by atoms with Crippen molar-refractivity contribution in [1.29, 1.82) is 0 Å². The zero-order valence-corrected chi connectivity index (χ0v) is 14.7. The second-order valence-electron chi connectivity index (χ2n) is 7.39. The highest BCUT2D eigenvalue weighted by Gasteiger charge is 2.30. The number of carbonyl (C=O) groups excluding carboxylic acids is 1. The van der Waals surface area contributed by atoms with Gasteiger partial charge in [-0.25, -0.2) is 13.2 Å². The monoisotopic (exact) mass is 370 g/mol. The molecule has 1 amide bonds. The molecule has 1 heterocycles. The quantitative estimate of drug-likeness (QED) is 0.716. The summed E-state index contributed by atoms with van der Waals surface area (Å²) >= 11 is 0. The maximum atomic E-state index is 13.7. The van der Waals surface area contributed by atoms with Crippen LogP contribution >= 0.6 is 0 Å². The van der Waals surface area contributed by atoms with Crippen molar-refractivity contribution in [3.8, 4) is 0 Å². The summed E-state index contributed by atoms with van der Waals surface area (Å²) in [5, 5.41) is 0. The van der Waals surface area contributed by atoms with Gasteiger partial charge in [0.05, 0.1) is 12.6 Å². The second kappa shape index (κ2) is 8.39. The summed E-state index contributed by atoms with van der Waals surface area (Å²) in [6, 6.07) is 0.718. The van der Waals surface area contributed by atoms with Crippen LogP contribution in [-0.2, 0) is 16.0 Å². The van der Waals surface area contributed by atoms with E-state index >= 15 is 0 Å². The molecule has 1 aromatic rings. The van der Waals surface area contributed by atoms with Crippen molar-refractivity contribution in [2.75, 3.05) is 19.8 Å². The van der Waals surface area contributed by atoms with E-state index in [9.17, 15) is 18.0 Å². The molecule has 0 bridgehead atoms. The molecule has 4 nitrogen and oxygen atoms in total. The Balaban J connectivity index is 1.50. The molecule has 144 valence electrons. The minimum atomic E-state index is -1.23. The van der Waals surface area contributed by atoms with E-state index in [0.717, 1.165) is 25.5 Å². The molecule has 7 heteroatoms. The topological polar surface area (TPSA) is 55.6 Å². The summed E-state index contributed by atoms with van der Waals surface area (Å²) < 4.78 is 45.7.